The predicted octanol–water partition coefficient (Wildman–Crippen LogP) is 0.852. The first-order valence-electron chi connectivity index (χ1n) is 9.36. The molecule has 27 heavy (non-hydrogen) atoms. The topological polar surface area (TPSA) is 109 Å². The molecule has 0 aromatic carbocycles. The highest BCUT2D eigenvalue weighted by atomic mass is 32.2. The molecule has 0 spiro atoms. The van der Waals surface area contributed by atoms with Gasteiger partial charge < -0.3 is 19.7 Å². The van der Waals surface area contributed by atoms with Crippen LogP contribution in [-0.2, 0) is 24.1 Å². The smallest absolute Gasteiger partial charge is 0.263 e. The van der Waals surface area contributed by atoms with Crippen molar-refractivity contribution in [3.8, 4) is 6.07 Å². The first-order valence-corrected chi connectivity index (χ1v) is 11.2. The van der Waals surface area contributed by atoms with Gasteiger partial charge in [0.1, 0.15) is 11.6 Å². The highest BCUT2D eigenvalue weighted by molar-refractivity contribution is 7.91. The lowest BCUT2D eigenvalue weighted by atomic mass is 10.2. The summed E-state index contributed by atoms with van der Waals surface area (Å²) in [6.07, 6.45) is 4.70. The van der Waals surface area contributed by atoms with E-state index in [0.29, 0.717) is 45.8 Å². The third-order valence-corrected chi connectivity index (χ3v) is 6.03. The Labute approximate surface area is 162 Å². The Morgan fingerprint density at radius 1 is 1.33 bits per heavy atom. The monoisotopic (exact) mass is 401 g/mol. The number of unbranched alkanes of at least 4 members (excludes halogenated alkanes) is 1. The number of nitriles is 1. The second-order valence-electron chi connectivity index (χ2n) is 6.52. The van der Waals surface area contributed by atoms with E-state index < -0.39 is 15.7 Å². The number of hydrogen-bond donors (Lipinski definition) is 1. The van der Waals surface area contributed by atoms with Crippen molar-refractivity contribution >= 4 is 15.7 Å². The van der Waals surface area contributed by atoms with E-state index in [1.807, 2.05) is 6.07 Å². The maximum absolute atomic E-state index is 12.2. The first kappa shape index (κ1) is 23.4. The maximum Gasteiger partial charge on any atom is 0.263 e. The van der Waals surface area contributed by atoms with E-state index in [1.54, 1.807) is 12.0 Å². The summed E-state index contributed by atoms with van der Waals surface area (Å²) in [6.45, 7) is 4.58. The van der Waals surface area contributed by atoms with Gasteiger partial charge in [-0.15, -0.1) is 0 Å². The zero-order valence-corrected chi connectivity index (χ0v) is 17.1. The molecule has 0 saturated carbocycles. The van der Waals surface area contributed by atoms with E-state index in [2.05, 4.69) is 12.2 Å². The molecule has 8 nitrogen and oxygen atoms in total. The molecule has 1 aliphatic rings. The van der Waals surface area contributed by atoms with Gasteiger partial charge in [0.25, 0.3) is 5.91 Å². The number of hydrogen-bond acceptors (Lipinski definition) is 7. The molecule has 0 radical (unpaired) electrons. The Bertz CT molecular complexity index is 627. The van der Waals surface area contributed by atoms with Gasteiger partial charge in [-0.2, -0.15) is 5.26 Å². The van der Waals surface area contributed by atoms with Crippen molar-refractivity contribution in [2.45, 2.75) is 38.6 Å². The minimum Gasteiger partial charge on any atom is -0.383 e. The largest absolute Gasteiger partial charge is 0.383 e. The SMILES string of the molecule is CCCCOCCCNC(=O)/C(C#N)=C\N(CCOC)C1CCS(=O)(=O)C1. The number of rotatable bonds is 13. The molecule has 0 bridgehead atoms. The third-order valence-electron chi connectivity index (χ3n) is 4.28. The third kappa shape index (κ3) is 9.22. The molecule has 0 aromatic heterocycles. The van der Waals surface area contributed by atoms with Crippen LogP contribution in [0.3, 0.4) is 0 Å². The van der Waals surface area contributed by atoms with Crippen LogP contribution in [0, 0.1) is 11.3 Å². The van der Waals surface area contributed by atoms with E-state index in [-0.39, 0.29) is 23.1 Å². The molecule has 1 unspecified atom stereocenters. The fraction of sp³-hybridized carbons (Fsp3) is 0.778. The Morgan fingerprint density at radius 3 is 2.67 bits per heavy atom. The van der Waals surface area contributed by atoms with E-state index in [0.717, 1.165) is 12.8 Å². The van der Waals surface area contributed by atoms with Gasteiger partial charge in [-0.3, -0.25) is 4.79 Å². The van der Waals surface area contributed by atoms with Crippen molar-refractivity contribution in [2.24, 2.45) is 0 Å². The molecule has 1 rings (SSSR count). The van der Waals surface area contributed by atoms with Crippen molar-refractivity contribution in [3.63, 3.8) is 0 Å². The van der Waals surface area contributed by atoms with Crippen LogP contribution in [0.25, 0.3) is 0 Å². The van der Waals surface area contributed by atoms with Crippen molar-refractivity contribution in [2.75, 3.05) is 51.5 Å². The number of methoxy groups -OCH3 is 1. The van der Waals surface area contributed by atoms with Gasteiger partial charge in [-0.1, -0.05) is 13.3 Å². The van der Waals surface area contributed by atoms with Crippen molar-refractivity contribution < 1.29 is 22.7 Å². The number of nitrogens with one attached hydrogen (secondary N) is 1. The maximum atomic E-state index is 12.2. The Kier molecular flexibility index (Phi) is 11.0. The van der Waals surface area contributed by atoms with Gasteiger partial charge in [-0.05, 0) is 19.3 Å². The second-order valence-corrected chi connectivity index (χ2v) is 8.75. The molecule has 1 atom stereocenters. The van der Waals surface area contributed by atoms with Crippen LogP contribution < -0.4 is 5.32 Å². The molecule has 1 N–H and O–H groups in total. The van der Waals surface area contributed by atoms with Gasteiger partial charge in [-0.25, -0.2) is 8.42 Å². The molecule has 1 aliphatic heterocycles. The number of carbonyl (C=O) groups is 1. The molecule has 1 heterocycles. The molecule has 154 valence electrons. The van der Waals surface area contributed by atoms with Crippen LogP contribution in [0.2, 0.25) is 0 Å². The number of amides is 1. The van der Waals surface area contributed by atoms with Crippen LogP contribution in [0.5, 0.6) is 0 Å². The van der Waals surface area contributed by atoms with Crippen molar-refractivity contribution in [3.05, 3.63) is 11.8 Å². The molecule has 0 aliphatic carbocycles. The molecule has 0 aromatic rings. The fourth-order valence-corrected chi connectivity index (χ4v) is 4.45. The van der Waals surface area contributed by atoms with Crippen LogP contribution in [-0.4, -0.2) is 76.8 Å². The van der Waals surface area contributed by atoms with E-state index in [4.69, 9.17) is 9.47 Å². The molecule has 1 fully saturated rings. The van der Waals surface area contributed by atoms with Crippen LogP contribution in [0.4, 0.5) is 0 Å². The Morgan fingerprint density at radius 2 is 2.07 bits per heavy atom. The lowest BCUT2D eigenvalue weighted by Gasteiger charge is -2.26. The Hall–Kier alpha value is -1.63. The lowest BCUT2D eigenvalue weighted by molar-refractivity contribution is -0.117. The van der Waals surface area contributed by atoms with E-state index in [1.165, 1.54) is 6.20 Å². The van der Waals surface area contributed by atoms with Gasteiger partial charge in [0.2, 0.25) is 0 Å². The standard InChI is InChI=1S/C18H31N3O5S/c1-3-4-9-26-10-5-7-20-18(22)16(13-19)14-21(8-11-25-2)17-6-12-27(23,24)15-17/h14,17H,3-12,15H2,1-2H3,(H,20,22)/b16-14-. The average Bonchev–Trinajstić information content (AvgIpc) is 3.00. The first-order chi connectivity index (χ1) is 12.9. The highest BCUT2D eigenvalue weighted by Gasteiger charge is 2.31. The summed E-state index contributed by atoms with van der Waals surface area (Å²) in [5.74, 6) is -0.307. The van der Waals surface area contributed by atoms with Gasteiger partial charge >= 0.3 is 0 Å². The lowest BCUT2D eigenvalue weighted by Crippen LogP contribution is -2.36. The van der Waals surface area contributed by atoms with E-state index in [9.17, 15) is 18.5 Å². The summed E-state index contributed by atoms with van der Waals surface area (Å²) in [7, 11) is -1.52. The summed E-state index contributed by atoms with van der Waals surface area (Å²) in [4.78, 5) is 14.0. The van der Waals surface area contributed by atoms with Crippen molar-refractivity contribution in [1.29, 1.82) is 5.26 Å². The fourth-order valence-electron chi connectivity index (χ4n) is 2.71. The molecular weight excluding hydrogens is 370 g/mol. The average molecular weight is 402 g/mol. The summed E-state index contributed by atoms with van der Waals surface area (Å²) in [6, 6.07) is 1.67. The Balaban J connectivity index is 2.58. The summed E-state index contributed by atoms with van der Waals surface area (Å²) in [5, 5.41) is 12.0. The predicted molar refractivity (Wildman–Crippen MR) is 103 cm³/mol. The van der Waals surface area contributed by atoms with Crippen LogP contribution in [0.1, 0.15) is 32.6 Å². The molecule has 1 amide bonds. The minimum absolute atomic E-state index is 0.0304. The summed E-state index contributed by atoms with van der Waals surface area (Å²) >= 11 is 0. The van der Waals surface area contributed by atoms with Crippen molar-refractivity contribution in [1.82, 2.24) is 10.2 Å². The zero-order valence-electron chi connectivity index (χ0n) is 16.3. The van der Waals surface area contributed by atoms with Gasteiger partial charge in [0.15, 0.2) is 9.84 Å². The molecule has 1 saturated heterocycles. The highest BCUT2D eigenvalue weighted by Crippen LogP contribution is 2.18. The molecular formula is C18H31N3O5S. The number of nitrogens with zero attached hydrogens (tertiary/aromatic N) is 2. The van der Waals surface area contributed by atoms with Gasteiger partial charge in [0.05, 0.1) is 18.1 Å². The second kappa shape index (κ2) is 12.7. The molecule has 9 heteroatoms. The van der Waals surface area contributed by atoms with E-state index >= 15 is 0 Å². The van der Waals surface area contributed by atoms with Crippen LogP contribution >= 0.6 is 0 Å². The number of carbonyl (C=O) groups excluding carboxylic acids is 1. The number of ether oxygens (including phenoxy) is 2. The quantitative estimate of drug-likeness (QED) is 0.277. The number of sulfone groups is 1. The minimum atomic E-state index is -3.06. The normalized spacial score (nSPS) is 18.9. The summed E-state index contributed by atoms with van der Waals surface area (Å²) < 4.78 is 34.0. The zero-order chi connectivity index (χ0) is 20.1. The van der Waals surface area contributed by atoms with Gasteiger partial charge in [0, 0.05) is 45.7 Å². The van der Waals surface area contributed by atoms with Crippen LogP contribution in [0.15, 0.2) is 11.8 Å². The summed E-state index contributed by atoms with van der Waals surface area (Å²) in [5.41, 5.74) is -0.0395.